The van der Waals surface area contributed by atoms with Gasteiger partial charge in [0.15, 0.2) is 0 Å². The minimum atomic E-state index is -0.105. The van der Waals surface area contributed by atoms with E-state index in [4.69, 9.17) is 10.5 Å². The average molecular weight is 211 g/mol. The summed E-state index contributed by atoms with van der Waals surface area (Å²) < 4.78 is 5.42. The van der Waals surface area contributed by atoms with Crippen LogP contribution >= 0.6 is 0 Å². The maximum Gasteiger partial charge on any atom is 0.0640 e. The Morgan fingerprint density at radius 1 is 1.40 bits per heavy atom. The minimum Gasteiger partial charge on any atom is -0.379 e. The molecule has 2 N–H and O–H groups in total. The van der Waals surface area contributed by atoms with Gasteiger partial charge in [-0.25, -0.2) is 0 Å². The van der Waals surface area contributed by atoms with Gasteiger partial charge in [0, 0.05) is 13.2 Å². The first-order chi connectivity index (χ1) is 7.05. The van der Waals surface area contributed by atoms with E-state index in [0.717, 1.165) is 6.42 Å². The van der Waals surface area contributed by atoms with Crippen molar-refractivity contribution in [2.75, 3.05) is 7.11 Å². The van der Waals surface area contributed by atoms with Crippen molar-refractivity contribution in [3.05, 3.63) is 11.6 Å². The highest BCUT2D eigenvalue weighted by Crippen LogP contribution is 2.24. The number of nitrogens with two attached hydrogens (primary N) is 1. The van der Waals surface area contributed by atoms with Crippen molar-refractivity contribution in [2.24, 2.45) is 5.73 Å². The number of methoxy groups -OCH3 is 1. The third kappa shape index (κ3) is 4.35. The van der Waals surface area contributed by atoms with Gasteiger partial charge >= 0.3 is 0 Å². The summed E-state index contributed by atoms with van der Waals surface area (Å²) in [6.07, 6.45) is 9.62. The van der Waals surface area contributed by atoms with E-state index < -0.39 is 0 Å². The first-order valence-corrected chi connectivity index (χ1v) is 6.05. The summed E-state index contributed by atoms with van der Waals surface area (Å²) in [5, 5.41) is 0. The average Bonchev–Trinajstić information content (AvgIpc) is 2.45. The van der Waals surface area contributed by atoms with Crippen molar-refractivity contribution >= 4 is 0 Å². The highest BCUT2D eigenvalue weighted by atomic mass is 16.5. The highest BCUT2D eigenvalue weighted by molar-refractivity contribution is 5.12. The summed E-state index contributed by atoms with van der Waals surface area (Å²) in [5.74, 6) is 0. The van der Waals surface area contributed by atoms with Crippen LogP contribution in [-0.2, 0) is 4.74 Å². The van der Waals surface area contributed by atoms with E-state index in [1.165, 1.54) is 37.7 Å². The molecular formula is C13H25NO. The Morgan fingerprint density at radius 2 is 2.13 bits per heavy atom. The summed E-state index contributed by atoms with van der Waals surface area (Å²) in [7, 11) is 1.76. The van der Waals surface area contributed by atoms with Crippen LogP contribution in [0, 0.1) is 0 Å². The van der Waals surface area contributed by atoms with Crippen molar-refractivity contribution in [1.82, 2.24) is 0 Å². The van der Waals surface area contributed by atoms with Crippen LogP contribution in [0.3, 0.4) is 0 Å². The van der Waals surface area contributed by atoms with Crippen molar-refractivity contribution in [3.8, 4) is 0 Å². The molecule has 2 heteroatoms. The molecule has 0 heterocycles. The molecule has 0 saturated carbocycles. The molecule has 1 unspecified atom stereocenters. The molecule has 0 amide bonds. The van der Waals surface area contributed by atoms with Gasteiger partial charge in [-0.15, -0.1) is 0 Å². The van der Waals surface area contributed by atoms with Gasteiger partial charge in [-0.3, -0.25) is 0 Å². The quantitative estimate of drug-likeness (QED) is 0.725. The van der Waals surface area contributed by atoms with E-state index in [1.54, 1.807) is 7.11 Å². The molecule has 1 atom stereocenters. The van der Waals surface area contributed by atoms with Gasteiger partial charge in [0.05, 0.1) is 5.60 Å². The zero-order valence-corrected chi connectivity index (χ0v) is 10.4. The lowest BCUT2D eigenvalue weighted by Gasteiger charge is -2.27. The molecular weight excluding hydrogens is 186 g/mol. The van der Waals surface area contributed by atoms with Crippen LogP contribution in [0.5, 0.6) is 0 Å². The maximum absolute atomic E-state index is 6.23. The van der Waals surface area contributed by atoms with Crippen LogP contribution in [0.1, 0.15) is 52.4 Å². The van der Waals surface area contributed by atoms with Crippen LogP contribution < -0.4 is 5.73 Å². The first-order valence-electron chi connectivity index (χ1n) is 6.05. The lowest BCUT2D eigenvalue weighted by molar-refractivity contribution is 0.0123. The van der Waals surface area contributed by atoms with Crippen LogP contribution in [0.15, 0.2) is 11.6 Å². The summed E-state index contributed by atoms with van der Waals surface area (Å²) in [6.45, 7) is 4.20. The minimum absolute atomic E-state index is 0.105. The second kappa shape index (κ2) is 5.66. The fourth-order valence-electron chi connectivity index (χ4n) is 2.12. The van der Waals surface area contributed by atoms with Gasteiger partial charge in [-0.2, -0.15) is 0 Å². The lowest BCUT2D eigenvalue weighted by Crippen LogP contribution is -2.34. The summed E-state index contributed by atoms with van der Waals surface area (Å²) in [5.41, 5.74) is 7.57. The predicted octanol–water partition coefficient (Wildman–Crippen LogP) is 3.02. The summed E-state index contributed by atoms with van der Waals surface area (Å²) in [6, 6.07) is 0.179. The molecule has 1 aliphatic rings. The smallest absolute Gasteiger partial charge is 0.0640 e. The van der Waals surface area contributed by atoms with Crippen LogP contribution in [0.4, 0.5) is 0 Å². The number of rotatable bonds is 4. The van der Waals surface area contributed by atoms with E-state index in [-0.39, 0.29) is 11.6 Å². The fourth-order valence-corrected chi connectivity index (χ4v) is 2.12. The third-order valence-electron chi connectivity index (χ3n) is 3.32. The molecule has 2 nitrogen and oxygen atoms in total. The van der Waals surface area contributed by atoms with Gasteiger partial charge in [0.2, 0.25) is 0 Å². The molecule has 0 bridgehead atoms. The molecule has 1 aliphatic carbocycles. The van der Waals surface area contributed by atoms with E-state index in [9.17, 15) is 0 Å². The lowest BCUT2D eigenvalue weighted by atomic mass is 9.92. The Balaban J connectivity index is 2.51. The Hall–Kier alpha value is -0.340. The third-order valence-corrected chi connectivity index (χ3v) is 3.32. The molecule has 0 aromatic carbocycles. The Bertz CT molecular complexity index is 221. The first kappa shape index (κ1) is 12.7. The Kier molecular flexibility index (Phi) is 4.81. The van der Waals surface area contributed by atoms with E-state index >= 15 is 0 Å². The summed E-state index contributed by atoms with van der Waals surface area (Å²) in [4.78, 5) is 0. The molecule has 1 rings (SSSR count). The van der Waals surface area contributed by atoms with Gasteiger partial charge < -0.3 is 10.5 Å². The maximum atomic E-state index is 6.23. The molecule has 0 aromatic heterocycles. The molecule has 0 aromatic rings. The van der Waals surface area contributed by atoms with Crippen LogP contribution in [0.25, 0.3) is 0 Å². The van der Waals surface area contributed by atoms with Gasteiger partial charge in [-0.1, -0.05) is 18.1 Å². The fraction of sp³-hybridized carbons (Fsp3) is 0.846. The Morgan fingerprint density at radius 3 is 2.80 bits per heavy atom. The molecule has 88 valence electrons. The molecule has 0 radical (unpaired) electrons. The van der Waals surface area contributed by atoms with Crippen molar-refractivity contribution < 1.29 is 4.74 Å². The Labute approximate surface area is 93.9 Å². The topological polar surface area (TPSA) is 35.2 Å². The van der Waals surface area contributed by atoms with Gasteiger partial charge in [0.25, 0.3) is 0 Å². The largest absolute Gasteiger partial charge is 0.379 e. The van der Waals surface area contributed by atoms with E-state index in [0.29, 0.717) is 0 Å². The standard InChI is InChI=1S/C13H25NO/c1-13(2,15-3)10-12(14)11-8-6-4-5-7-9-11/h8,12H,4-7,9-10,14H2,1-3H3. The normalized spacial score (nSPS) is 20.7. The van der Waals surface area contributed by atoms with Crippen LogP contribution in [0.2, 0.25) is 0 Å². The van der Waals surface area contributed by atoms with Crippen molar-refractivity contribution in [1.29, 1.82) is 0 Å². The molecule has 15 heavy (non-hydrogen) atoms. The molecule has 0 fully saturated rings. The molecule has 0 spiro atoms. The van der Waals surface area contributed by atoms with Crippen molar-refractivity contribution in [3.63, 3.8) is 0 Å². The number of hydrogen-bond acceptors (Lipinski definition) is 2. The monoisotopic (exact) mass is 211 g/mol. The van der Waals surface area contributed by atoms with Gasteiger partial charge in [0.1, 0.15) is 0 Å². The second-order valence-corrected chi connectivity index (χ2v) is 5.15. The van der Waals surface area contributed by atoms with Crippen LogP contribution in [-0.4, -0.2) is 18.8 Å². The van der Waals surface area contributed by atoms with E-state index in [1.807, 2.05) is 0 Å². The highest BCUT2D eigenvalue weighted by Gasteiger charge is 2.22. The zero-order chi connectivity index (χ0) is 11.3. The van der Waals surface area contributed by atoms with Crippen molar-refractivity contribution in [2.45, 2.75) is 64.0 Å². The second-order valence-electron chi connectivity index (χ2n) is 5.15. The number of hydrogen-bond donors (Lipinski definition) is 1. The SMILES string of the molecule is COC(C)(C)CC(N)C1=CCCCCC1. The molecule has 0 saturated heterocycles. The number of ether oxygens (including phenoxy) is 1. The predicted molar refractivity (Wildman–Crippen MR) is 64.8 cm³/mol. The van der Waals surface area contributed by atoms with Gasteiger partial charge in [-0.05, 0) is 46.0 Å². The molecule has 0 aliphatic heterocycles. The zero-order valence-electron chi connectivity index (χ0n) is 10.4. The number of allylic oxidation sites excluding steroid dienone is 1. The van der Waals surface area contributed by atoms with E-state index in [2.05, 4.69) is 19.9 Å². The summed E-state index contributed by atoms with van der Waals surface area (Å²) >= 11 is 0.